The van der Waals surface area contributed by atoms with E-state index in [0.29, 0.717) is 23.5 Å². The molecule has 0 aliphatic heterocycles. The summed E-state index contributed by atoms with van der Waals surface area (Å²) in [7, 11) is 0. The van der Waals surface area contributed by atoms with Gasteiger partial charge >= 0.3 is 0 Å². The van der Waals surface area contributed by atoms with Crippen LogP contribution in [0.25, 0.3) is 11.0 Å². The number of benzene rings is 1. The quantitative estimate of drug-likeness (QED) is 0.783. The first-order valence-corrected chi connectivity index (χ1v) is 6.03. The summed E-state index contributed by atoms with van der Waals surface area (Å²) in [5.74, 6) is -0.182. The first-order chi connectivity index (χ1) is 9.15. The van der Waals surface area contributed by atoms with Crippen LogP contribution in [-0.2, 0) is 6.54 Å². The number of nitrogens with two attached hydrogens (primary N) is 1. The van der Waals surface area contributed by atoms with Crippen molar-refractivity contribution in [3.05, 3.63) is 53.1 Å². The lowest BCUT2D eigenvalue weighted by Crippen LogP contribution is -2.05. The minimum atomic E-state index is -0.490. The number of halogens is 2. The molecular weight excluding hydrogens is 267 g/mol. The highest BCUT2D eigenvalue weighted by atomic mass is 35.5. The fourth-order valence-electron chi connectivity index (χ4n) is 1.96. The molecule has 6 heteroatoms. The molecule has 19 heavy (non-hydrogen) atoms. The third-order valence-electron chi connectivity index (χ3n) is 2.87. The fraction of sp³-hybridized carbons (Fsp3) is 0.0769. The van der Waals surface area contributed by atoms with Crippen LogP contribution in [0.2, 0.25) is 5.02 Å². The van der Waals surface area contributed by atoms with Crippen molar-refractivity contribution in [2.45, 2.75) is 6.54 Å². The summed E-state index contributed by atoms with van der Waals surface area (Å²) in [6.07, 6.45) is 1.70. The molecule has 0 amide bonds. The van der Waals surface area contributed by atoms with E-state index in [1.165, 1.54) is 12.1 Å². The van der Waals surface area contributed by atoms with Gasteiger partial charge in [0, 0.05) is 12.3 Å². The van der Waals surface area contributed by atoms with Crippen LogP contribution in [0, 0.1) is 5.82 Å². The van der Waals surface area contributed by atoms with Crippen LogP contribution in [0.3, 0.4) is 0 Å². The summed E-state index contributed by atoms with van der Waals surface area (Å²) in [6, 6.07) is 8.40. The van der Waals surface area contributed by atoms with E-state index in [2.05, 4.69) is 9.97 Å². The van der Waals surface area contributed by atoms with Gasteiger partial charge in [0.15, 0.2) is 0 Å². The zero-order valence-corrected chi connectivity index (χ0v) is 10.6. The number of hydrogen-bond donors (Lipinski definition) is 1. The van der Waals surface area contributed by atoms with Gasteiger partial charge in [-0.05, 0) is 18.2 Å². The minimum Gasteiger partial charge on any atom is -0.369 e. The SMILES string of the molecule is Nc1nc2cc(Cl)c(F)cc2n1Cc1ccccn1. The fourth-order valence-corrected chi connectivity index (χ4v) is 2.12. The van der Waals surface area contributed by atoms with Gasteiger partial charge < -0.3 is 10.3 Å². The average Bonchev–Trinajstić information content (AvgIpc) is 2.68. The molecule has 0 saturated carbocycles. The van der Waals surface area contributed by atoms with E-state index in [0.717, 1.165) is 5.69 Å². The Kier molecular flexibility index (Phi) is 2.83. The molecule has 4 nitrogen and oxygen atoms in total. The summed E-state index contributed by atoms with van der Waals surface area (Å²) in [5.41, 5.74) is 7.85. The third kappa shape index (κ3) is 2.13. The number of pyridine rings is 1. The van der Waals surface area contributed by atoms with Gasteiger partial charge in [-0.25, -0.2) is 9.37 Å². The monoisotopic (exact) mass is 276 g/mol. The van der Waals surface area contributed by atoms with Crippen LogP contribution in [0.1, 0.15) is 5.69 Å². The molecule has 0 fully saturated rings. The second-order valence-electron chi connectivity index (χ2n) is 4.13. The van der Waals surface area contributed by atoms with Gasteiger partial charge in [-0.2, -0.15) is 0 Å². The minimum absolute atomic E-state index is 0.0370. The van der Waals surface area contributed by atoms with Crippen LogP contribution in [0.4, 0.5) is 10.3 Å². The maximum Gasteiger partial charge on any atom is 0.201 e. The maximum absolute atomic E-state index is 13.5. The molecule has 3 rings (SSSR count). The predicted molar refractivity (Wildman–Crippen MR) is 72.5 cm³/mol. The lowest BCUT2D eigenvalue weighted by molar-refractivity contribution is 0.629. The van der Waals surface area contributed by atoms with Gasteiger partial charge in [-0.1, -0.05) is 17.7 Å². The maximum atomic E-state index is 13.5. The molecule has 0 saturated heterocycles. The molecule has 0 bridgehead atoms. The lowest BCUT2D eigenvalue weighted by Gasteiger charge is -2.06. The second-order valence-corrected chi connectivity index (χ2v) is 4.54. The van der Waals surface area contributed by atoms with Gasteiger partial charge in [0.05, 0.1) is 28.3 Å². The second kappa shape index (κ2) is 4.51. The Balaban J connectivity index is 2.13. The number of nitrogens with zero attached hydrogens (tertiary/aromatic N) is 3. The summed E-state index contributed by atoms with van der Waals surface area (Å²) < 4.78 is 15.3. The first-order valence-electron chi connectivity index (χ1n) is 5.66. The molecule has 0 unspecified atom stereocenters. The molecule has 2 N–H and O–H groups in total. The topological polar surface area (TPSA) is 56.7 Å². The smallest absolute Gasteiger partial charge is 0.201 e. The highest BCUT2D eigenvalue weighted by molar-refractivity contribution is 6.31. The Morgan fingerprint density at radius 2 is 2.16 bits per heavy atom. The largest absolute Gasteiger partial charge is 0.369 e. The number of aromatic nitrogens is 3. The van der Waals surface area contributed by atoms with Crippen LogP contribution in [-0.4, -0.2) is 14.5 Å². The van der Waals surface area contributed by atoms with Crippen LogP contribution >= 0.6 is 11.6 Å². The Morgan fingerprint density at radius 1 is 1.32 bits per heavy atom. The highest BCUT2D eigenvalue weighted by Crippen LogP contribution is 2.25. The molecule has 2 aromatic heterocycles. The lowest BCUT2D eigenvalue weighted by atomic mass is 10.3. The summed E-state index contributed by atoms with van der Waals surface area (Å²) in [6.45, 7) is 0.435. The van der Waals surface area contributed by atoms with Crippen LogP contribution in [0.5, 0.6) is 0 Å². The normalized spacial score (nSPS) is 11.1. The van der Waals surface area contributed by atoms with Crippen LogP contribution < -0.4 is 5.73 Å². The Morgan fingerprint density at radius 3 is 2.89 bits per heavy atom. The van der Waals surface area contributed by atoms with E-state index in [1.54, 1.807) is 10.8 Å². The number of nitrogen functional groups attached to an aromatic ring is 1. The van der Waals surface area contributed by atoms with Gasteiger partial charge in [0.1, 0.15) is 5.82 Å². The van der Waals surface area contributed by atoms with Crippen LogP contribution in [0.15, 0.2) is 36.5 Å². The van der Waals surface area contributed by atoms with Crippen molar-refractivity contribution >= 4 is 28.6 Å². The van der Waals surface area contributed by atoms with Crippen molar-refractivity contribution in [3.8, 4) is 0 Å². The van der Waals surface area contributed by atoms with Gasteiger partial charge in [-0.15, -0.1) is 0 Å². The van der Waals surface area contributed by atoms with Crippen molar-refractivity contribution in [1.29, 1.82) is 0 Å². The number of imidazole rings is 1. The van der Waals surface area contributed by atoms with Crippen molar-refractivity contribution in [2.24, 2.45) is 0 Å². The average molecular weight is 277 g/mol. The van der Waals surface area contributed by atoms with Crippen molar-refractivity contribution < 1.29 is 4.39 Å². The van der Waals surface area contributed by atoms with Crippen molar-refractivity contribution in [1.82, 2.24) is 14.5 Å². The molecule has 0 atom stereocenters. The summed E-state index contributed by atoms with van der Waals surface area (Å²) >= 11 is 5.73. The molecule has 0 aliphatic rings. The Labute approximate surface area is 113 Å². The van der Waals surface area contributed by atoms with E-state index in [-0.39, 0.29) is 5.02 Å². The van der Waals surface area contributed by atoms with Gasteiger partial charge in [0.2, 0.25) is 5.95 Å². The highest BCUT2D eigenvalue weighted by Gasteiger charge is 2.12. The number of rotatable bonds is 2. The summed E-state index contributed by atoms with van der Waals surface area (Å²) in [4.78, 5) is 8.39. The Hall–Kier alpha value is -2.14. The predicted octanol–water partition coefficient (Wildman–Crippen LogP) is 2.85. The van der Waals surface area contributed by atoms with Crippen molar-refractivity contribution in [3.63, 3.8) is 0 Å². The molecule has 0 radical (unpaired) electrons. The Bertz CT molecular complexity index is 739. The molecule has 0 aliphatic carbocycles. The molecular formula is C13H10ClFN4. The third-order valence-corrected chi connectivity index (χ3v) is 3.16. The molecule has 0 spiro atoms. The van der Waals surface area contributed by atoms with E-state index in [4.69, 9.17) is 17.3 Å². The van der Waals surface area contributed by atoms with E-state index < -0.39 is 5.82 Å². The number of anilines is 1. The van der Waals surface area contributed by atoms with E-state index >= 15 is 0 Å². The van der Waals surface area contributed by atoms with E-state index in [9.17, 15) is 4.39 Å². The standard InChI is InChI=1S/C13H10ClFN4/c14-9-5-11-12(6-10(9)15)19(13(16)18-11)7-8-3-1-2-4-17-8/h1-6H,7H2,(H2,16,18). The first kappa shape index (κ1) is 11.9. The molecule has 1 aromatic carbocycles. The zero-order chi connectivity index (χ0) is 13.4. The van der Waals surface area contributed by atoms with Crippen molar-refractivity contribution in [2.75, 3.05) is 5.73 Å². The molecule has 2 heterocycles. The summed E-state index contributed by atoms with van der Waals surface area (Å²) in [5, 5.41) is 0.0370. The zero-order valence-electron chi connectivity index (χ0n) is 9.85. The van der Waals surface area contributed by atoms with E-state index in [1.807, 2.05) is 18.2 Å². The van der Waals surface area contributed by atoms with Gasteiger partial charge in [0.25, 0.3) is 0 Å². The van der Waals surface area contributed by atoms with Gasteiger partial charge in [-0.3, -0.25) is 4.98 Å². The number of fused-ring (bicyclic) bond motifs is 1. The number of hydrogen-bond acceptors (Lipinski definition) is 3. The molecule has 96 valence electrons. The molecule has 3 aromatic rings.